The van der Waals surface area contributed by atoms with Crippen LogP contribution in [0.5, 0.6) is 11.5 Å². The predicted molar refractivity (Wildman–Crippen MR) is 123 cm³/mol. The first-order valence-corrected chi connectivity index (χ1v) is 10.9. The van der Waals surface area contributed by atoms with Gasteiger partial charge in [0, 0.05) is 0 Å². The molecule has 8 heteroatoms. The molecule has 2 aromatic rings. The number of urea groups is 1. The number of hydrogen-bond acceptors (Lipinski definition) is 5. The maximum absolute atomic E-state index is 13.2. The number of halogens is 1. The van der Waals surface area contributed by atoms with Gasteiger partial charge in [0.25, 0.3) is 11.8 Å². The largest absolute Gasteiger partial charge is 0.490 e. The molecule has 0 atom stereocenters. The highest BCUT2D eigenvalue weighted by Gasteiger charge is 2.37. The molecular formula is C24H25ClN2O5. The van der Waals surface area contributed by atoms with Crippen LogP contribution in [0.25, 0.3) is 6.08 Å². The van der Waals surface area contributed by atoms with Crippen molar-refractivity contribution in [3.05, 3.63) is 58.1 Å². The van der Waals surface area contributed by atoms with Gasteiger partial charge in [-0.25, -0.2) is 9.69 Å². The fourth-order valence-corrected chi connectivity index (χ4v) is 3.62. The number of ether oxygens (including phenoxy) is 2. The van der Waals surface area contributed by atoms with E-state index < -0.39 is 17.8 Å². The summed E-state index contributed by atoms with van der Waals surface area (Å²) >= 11 is 6.40. The van der Waals surface area contributed by atoms with Crippen LogP contribution in [-0.4, -0.2) is 31.1 Å². The molecule has 1 fully saturated rings. The van der Waals surface area contributed by atoms with Crippen molar-refractivity contribution in [1.29, 1.82) is 0 Å². The van der Waals surface area contributed by atoms with Crippen molar-refractivity contribution in [1.82, 2.24) is 5.32 Å². The van der Waals surface area contributed by atoms with Crippen LogP contribution in [0, 0.1) is 0 Å². The Morgan fingerprint density at radius 1 is 1.06 bits per heavy atom. The number of nitrogens with one attached hydrogen (secondary N) is 1. The molecule has 1 N–H and O–H groups in total. The molecule has 0 saturated carbocycles. The van der Waals surface area contributed by atoms with Crippen molar-refractivity contribution < 1.29 is 23.9 Å². The molecule has 3 rings (SSSR count). The standard InChI is InChI=1S/C24H25ClN2O5/c1-4-11-32-21-18(25)13-15(14-20(21)31-6-3)12-17-22(28)26-24(30)27(23(17)29)19-10-8-7-9-16(19)5-2/h7-10,12-14H,4-6,11H2,1-3H3,(H,26,28,30)/b17-12-. The molecule has 1 aliphatic rings. The Bertz CT molecular complexity index is 1080. The zero-order valence-electron chi connectivity index (χ0n) is 18.2. The van der Waals surface area contributed by atoms with E-state index in [0.29, 0.717) is 47.4 Å². The van der Waals surface area contributed by atoms with Crippen LogP contribution < -0.4 is 19.7 Å². The normalized spacial score (nSPS) is 15.2. The smallest absolute Gasteiger partial charge is 0.335 e. The number of para-hydroxylation sites is 1. The van der Waals surface area contributed by atoms with Crippen LogP contribution in [0.4, 0.5) is 10.5 Å². The number of anilines is 1. The summed E-state index contributed by atoms with van der Waals surface area (Å²) < 4.78 is 11.3. The molecule has 0 aromatic heterocycles. The molecule has 1 heterocycles. The number of aryl methyl sites for hydroxylation is 1. The lowest BCUT2D eigenvalue weighted by molar-refractivity contribution is -0.122. The van der Waals surface area contributed by atoms with Gasteiger partial charge in [-0.2, -0.15) is 0 Å². The van der Waals surface area contributed by atoms with Crippen molar-refractivity contribution in [2.24, 2.45) is 0 Å². The van der Waals surface area contributed by atoms with Gasteiger partial charge in [-0.15, -0.1) is 0 Å². The molecule has 0 aliphatic carbocycles. The fraction of sp³-hybridized carbons (Fsp3) is 0.292. The van der Waals surface area contributed by atoms with E-state index in [1.807, 2.05) is 32.9 Å². The van der Waals surface area contributed by atoms with Crippen molar-refractivity contribution in [3.8, 4) is 11.5 Å². The molecule has 7 nitrogen and oxygen atoms in total. The molecular weight excluding hydrogens is 432 g/mol. The minimum absolute atomic E-state index is 0.184. The Kier molecular flexibility index (Phi) is 7.53. The monoisotopic (exact) mass is 456 g/mol. The van der Waals surface area contributed by atoms with Gasteiger partial charge in [0.2, 0.25) is 0 Å². The number of rotatable bonds is 8. The first-order chi connectivity index (χ1) is 15.4. The highest BCUT2D eigenvalue weighted by Crippen LogP contribution is 2.37. The maximum atomic E-state index is 13.2. The van der Waals surface area contributed by atoms with Gasteiger partial charge in [0.05, 0.1) is 23.9 Å². The van der Waals surface area contributed by atoms with E-state index in [-0.39, 0.29) is 5.57 Å². The second kappa shape index (κ2) is 10.3. The lowest BCUT2D eigenvalue weighted by atomic mass is 10.0. The molecule has 4 amide bonds. The second-order valence-corrected chi connectivity index (χ2v) is 7.46. The Morgan fingerprint density at radius 3 is 2.50 bits per heavy atom. The number of hydrogen-bond donors (Lipinski definition) is 1. The topological polar surface area (TPSA) is 84.9 Å². The maximum Gasteiger partial charge on any atom is 0.335 e. The summed E-state index contributed by atoms with van der Waals surface area (Å²) in [5.41, 5.74) is 1.53. The Balaban J connectivity index is 2.04. The van der Waals surface area contributed by atoms with Crippen LogP contribution in [0.3, 0.4) is 0 Å². The molecule has 0 radical (unpaired) electrons. The van der Waals surface area contributed by atoms with Gasteiger partial charge in [0.1, 0.15) is 5.57 Å². The number of benzene rings is 2. The third-order valence-corrected chi connectivity index (χ3v) is 5.09. The Hall–Kier alpha value is -3.32. The summed E-state index contributed by atoms with van der Waals surface area (Å²) in [6.07, 6.45) is 2.81. The number of barbiturate groups is 1. The zero-order chi connectivity index (χ0) is 23.3. The lowest BCUT2D eigenvalue weighted by Gasteiger charge is -2.28. The van der Waals surface area contributed by atoms with E-state index in [0.717, 1.165) is 16.9 Å². The van der Waals surface area contributed by atoms with E-state index in [4.69, 9.17) is 21.1 Å². The SMILES string of the molecule is CCCOc1c(Cl)cc(/C=C2/C(=O)NC(=O)N(c3ccccc3CC)C2=O)cc1OCC. The minimum atomic E-state index is -0.783. The van der Waals surface area contributed by atoms with Gasteiger partial charge in [-0.3, -0.25) is 14.9 Å². The molecule has 168 valence electrons. The fourth-order valence-electron chi connectivity index (χ4n) is 3.35. The minimum Gasteiger partial charge on any atom is -0.490 e. The van der Waals surface area contributed by atoms with E-state index in [2.05, 4.69) is 5.32 Å². The third kappa shape index (κ3) is 4.78. The number of carbonyl (C=O) groups is 3. The van der Waals surface area contributed by atoms with Crippen LogP contribution in [-0.2, 0) is 16.0 Å². The first-order valence-electron chi connectivity index (χ1n) is 10.5. The summed E-state index contributed by atoms with van der Waals surface area (Å²) in [7, 11) is 0. The number of carbonyl (C=O) groups excluding carboxylic acids is 3. The van der Waals surface area contributed by atoms with Gasteiger partial charge in [0.15, 0.2) is 11.5 Å². The van der Waals surface area contributed by atoms with E-state index >= 15 is 0 Å². The van der Waals surface area contributed by atoms with Crippen LogP contribution in [0.2, 0.25) is 5.02 Å². The zero-order valence-corrected chi connectivity index (χ0v) is 19.0. The molecule has 32 heavy (non-hydrogen) atoms. The quantitative estimate of drug-likeness (QED) is 0.457. The van der Waals surface area contributed by atoms with Gasteiger partial charge >= 0.3 is 6.03 Å². The van der Waals surface area contributed by atoms with Crippen molar-refractivity contribution in [2.45, 2.75) is 33.6 Å². The van der Waals surface area contributed by atoms with Crippen molar-refractivity contribution in [2.75, 3.05) is 18.1 Å². The number of nitrogens with zero attached hydrogens (tertiary/aromatic N) is 1. The average Bonchev–Trinajstić information content (AvgIpc) is 2.76. The van der Waals surface area contributed by atoms with Gasteiger partial charge < -0.3 is 9.47 Å². The number of amides is 4. The van der Waals surface area contributed by atoms with Crippen molar-refractivity contribution in [3.63, 3.8) is 0 Å². The Labute approximate surface area is 191 Å². The van der Waals surface area contributed by atoms with Gasteiger partial charge in [-0.05, 0) is 55.2 Å². The second-order valence-electron chi connectivity index (χ2n) is 7.05. The summed E-state index contributed by atoms with van der Waals surface area (Å²) in [5.74, 6) is -0.662. The summed E-state index contributed by atoms with van der Waals surface area (Å²) in [4.78, 5) is 39.2. The van der Waals surface area contributed by atoms with Crippen LogP contribution >= 0.6 is 11.6 Å². The first kappa shape index (κ1) is 23.3. The predicted octanol–water partition coefficient (Wildman–Crippen LogP) is 4.76. The van der Waals surface area contributed by atoms with E-state index in [1.54, 1.807) is 24.3 Å². The average molecular weight is 457 g/mol. The molecule has 2 aromatic carbocycles. The molecule has 1 aliphatic heterocycles. The van der Waals surface area contributed by atoms with E-state index in [1.165, 1.54) is 6.08 Å². The third-order valence-electron chi connectivity index (χ3n) is 4.81. The Morgan fingerprint density at radius 2 is 1.81 bits per heavy atom. The highest BCUT2D eigenvalue weighted by atomic mass is 35.5. The molecule has 0 unspecified atom stereocenters. The van der Waals surface area contributed by atoms with E-state index in [9.17, 15) is 14.4 Å². The summed E-state index contributed by atoms with van der Waals surface area (Å²) in [6, 6.07) is 9.52. The van der Waals surface area contributed by atoms with Crippen molar-refractivity contribution >= 4 is 41.2 Å². The highest BCUT2D eigenvalue weighted by molar-refractivity contribution is 6.39. The van der Waals surface area contributed by atoms with Crippen LogP contribution in [0.1, 0.15) is 38.3 Å². The molecule has 0 spiro atoms. The van der Waals surface area contributed by atoms with Gasteiger partial charge in [-0.1, -0.05) is 43.6 Å². The number of imide groups is 2. The van der Waals surface area contributed by atoms with Crippen LogP contribution in [0.15, 0.2) is 42.0 Å². The molecule has 0 bridgehead atoms. The lowest BCUT2D eigenvalue weighted by Crippen LogP contribution is -2.54. The summed E-state index contributed by atoms with van der Waals surface area (Å²) in [5, 5.41) is 2.54. The molecule has 1 saturated heterocycles. The summed E-state index contributed by atoms with van der Waals surface area (Å²) in [6.45, 7) is 6.58.